The maximum atomic E-state index is 12.5. The van der Waals surface area contributed by atoms with Crippen molar-refractivity contribution in [1.82, 2.24) is 0 Å². The van der Waals surface area contributed by atoms with Gasteiger partial charge in [-0.2, -0.15) is 0 Å². The van der Waals surface area contributed by atoms with E-state index in [0.29, 0.717) is 28.4 Å². The van der Waals surface area contributed by atoms with Crippen LogP contribution in [0.3, 0.4) is 0 Å². The molecule has 1 aromatic carbocycles. The summed E-state index contributed by atoms with van der Waals surface area (Å²) in [6.07, 6.45) is 2.07. The molecule has 1 heterocycles. The topological polar surface area (TPSA) is 65.0 Å². The fourth-order valence-electron chi connectivity index (χ4n) is 3.48. The maximum absolute atomic E-state index is 12.5. The zero-order valence-electron chi connectivity index (χ0n) is 15.7. The molecule has 0 saturated heterocycles. The first-order chi connectivity index (χ1) is 12.4. The van der Waals surface area contributed by atoms with Gasteiger partial charge in [0.05, 0.1) is 32.2 Å². The SMILES string of the molecule is C=CC(O)C1=C(C(C)C)OC(=O)CC1(C=C)c1cccc(OC)c1OC. The predicted molar refractivity (Wildman–Crippen MR) is 100 cm³/mol. The highest BCUT2D eigenvalue weighted by Crippen LogP contribution is 2.50. The van der Waals surface area contributed by atoms with Crippen molar-refractivity contribution in [2.75, 3.05) is 14.2 Å². The first kappa shape index (κ1) is 19.8. The van der Waals surface area contributed by atoms with E-state index < -0.39 is 17.5 Å². The second kappa shape index (κ2) is 7.79. The van der Waals surface area contributed by atoms with E-state index in [4.69, 9.17) is 14.2 Å². The number of aliphatic hydroxyl groups excluding tert-OH is 1. The molecule has 5 heteroatoms. The van der Waals surface area contributed by atoms with Crippen LogP contribution in [0.25, 0.3) is 0 Å². The Morgan fingerprint density at radius 2 is 1.96 bits per heavy atom. The third-order valence-electron chi connectivity index (χ3n) is 4.67. The average Bonchev–Trinajstić information content (AvgIpc) is 2.65. The molecule has 140 valence electrons. The van der Waals surface area contributed by atoms with Gasteiger partial charge in [-0.3, -0.25) is 4.79 Å². The number of carbonyl (C=O) groups excluding carboxylic acids is 1. The van der Waals surface area contributed by atoms with Gasteiger partial charge in [0.25, 0.3) is 0 Å². The summed E-state index contributed by atoms with van der Waals surface area (Å²) in [5, 5.41) is 10.7. The number of cyclic esters (lactones) is 1. The van der Waals surface area contributed by atoms with Crippen molar-refractivity contribution >= 4 is 5.97 Å². The van der Waals surface area contributed by atoms with Gasteiger partial charge >= 0.3 is 5.97 Å². The number of methoxy groups -OCH3 is 2. The number of hydrogen-bond acceptors (Lipinski definition) is 5. The van der Waals surface area contributed by atoms with E-state index in [9.17, 15) is 9.90 Å². The monoisotopic (exact) mass is 358 g/mol. The van der Waals surface area contributed by atoms with Gasteiger partial charge in [-0.15, -0.1) is 13.2 Å². The Morgan fingerprint density at radius 3 is 2.46 bits per heavy atom. The molecule has 1 aromatic rings. The molecule has 0 bridgehead atoms. The van der Waals surface area contributed by atoms with Gasteiger partial charge in [0.1, 0.15) is 5.76 Å². The van der Waals surface area contributed by atoms with Crippen LogP contribution in [0.1, 0.15) is 25.8 Å². The minimum Gasteiger partial charge on any atom is -0.493 e. The second-order valence-corrected chi connectivity index (χ2v) is 6.48. The van der Waals surface area contributed by atoms with Crippen molar-refractivity contribution < 1.29 is 24.1 Å². The number of allylic oxidation sites excluding steroid dienone is 2. The Morgan fingerprint density at radius 1 is 1.27 bits per heavy atom. The lowest BCUT2D eigenvalue weighted by Gasteiger charge is -2.41. The summed E-state index contributed by atoms with van der Waals surface area (Å²) >= 11 is 0. The number of aliphatic hydroxyl groups is 1. The first-order valence-corrected chi connectivity index (χ1v) is 8.47. The van der Waals surface area contributed by atoms with Gasteiger partial charge < -0.3 is 19.3 Å². The van der Waals surface area contributed by atoms with Gasteiger partial charge in [-0.05, 0) is 6.07 Å². The van der Waals surface area contributed by atoms with Gasteiger partial charge in [0.15, 0.2) is 11.5 Å². The summed E-state index contributed by atoms with van der Waals surface area (Å²) in [5.41, 5.74) is 0.228. The van der Waals surface area contributed by atoms with E-state index in [2.05, 4.69) is 13.2 Å². The Kier molecular flexibility index (Phi) is 5.93. The minimum atomic E-state index is -1.01. The molecule has 2 unspecified atom stereocenters. The highest BCUT2D eigenvalue weighted by molar-refractivity contribution is 5.78. The molecule has 2 atom stereocenters. The van der Waals surface area contributed by atoms with Gasteiger partial charge in [0, 0.05) is 17.1 Å². The molecular weight excluding hydrogens is 332 g/mol. The molecule has 2 rings (SSSR count). The Labute approximate surface area is 154 Å². The maximum Gasteiger partial charge on any atom is 0.312 e. The third-order valence-corrected chi connectivity index (χ3v) is 4.67. The van der Waals surface area contributed by atoms with Crippen LogP contribution in [0.15, 0.2) is 54.8 Å². The fourth-order valence-corrected chi connectivity index (χ4v) is 3.48. The lowest BCUT2D eigenvalue weighted by Crippen LogP contribution is -2.41. The normalized spacial score (nSPS) is 21.2. The zero-order chi connectivity index (χ0) is 19.5. The molecule has 0 fully saturated rings. The van der Waals surface area contributed by atoms with Gasteiger partial charge in [-0.1, -0.05) is 38.1 Å². The van der Waals surface area contributed by atoms with Crippen molar-refractivity contribution in [3.63, 3.8) is 0 Å². The van der Waals surface area contributed by atoms with E-state index >= 15 is 0 Å². The highest BCUT2D eigenvalue weighted by atomic mass is 16.5. The van der Waals surface area contributed by atoms with Crippen LogP contribution in [-0.2, 0) is 14.9 Å². The molecule has 0 saturated carbocycles. The summed E-state index contributed by atoms with van der Waals surface area (Å²) in [6, 6.07) is 5.43. The van der Waals surface area contributed by atoms with Crippen molar-refractivity contribution in [3.8, 4) is 11.5 Å². The van der Waals surface area contributed by atoms with E-state index in [1.807, 2.05) is 26.0 Å². The van der Waals surface area contributed by atoms with E-state index in [1.54, 1.807) is 19.3 Å². The van der Waals surface area contributed by atoms with E-state index in [0.717, 1.165) is 0 Å². The molecule has 1 N–H and O–H groups in total. The Hall–Kier alpha value is -2.53. The van der Waals surface area contributed by atoms with Crippen molar-refractivity contribution in [2.24, 2.45) is 5.92 Å². The molecule has 1 aliphatic heterocycles. The van der Waals surface area contributed by atoms with Crippen molar-refractivity contribution in [2.45, 2.75) is 31.8 Å². The lowest BCUT2D eigenvalue weighted by atomic mass is 9.67. The number of hydrogen-bond donors (Lipinski definition) is 1. The zero-order valence-corrected chi connectivity index (χ0v) is 15.7. The standard InChI is InChI=1S/C21H26O5/c1-7-15(22)18-19(13(3)4)26-17(23)12-21(18,8-2)14-10-9-11-16(24-5)20(14)25-6/h7-11,13,15,22H,1-2,12H2,3-6H3. The number of para-hydroxylation sites is 1. The molecule has 5 nitrogen and oxygen atoms in total. The minimum absolute atomic E-state index is 0.00349. The molecule has 26 heavy (non-hydrogen) atoms. The molecule has 0 aromatic heterocycles. The third kappa shape index (κ3) is 3.15. The summed E-state index contributed by atoms with van der Waals surface area (Å²) in [4.78, 5) is 12.5. The predicted octanol–water partition coefficient (Wildman–Crippen LogP) is 3.53. The number of ether oxygens (including phenoxy) is 3. The molecule has 0 aliphatic carbocycles. The van der Waals surface area contributed by atoms with Crippen LogP contribution in [0.5, 0.6) is 11.5 Å². The van der Waals surface area contributed by atoms with Crippen LogP contribution in [0, 0.1) is 5.92 Å². The number of esters is 1. The van der Waals surface area contributed by atoms with E-state index in [-0.39, 0.29) is 12.3 Å². The van der Waals surface area contributed by atoms with Gasteiger partial charge in [-0.25, -0.2) is 0 Å². The van der Waals surface area contributed by atoms with Crippen molar-refractivity contribution in [1.29, 1.82) is 0 Å². The van der Waals surface area contributed by atoms with Crippen LogP contribution < -0.4 is 9.47 Å². The average molecular weight is 358 g/mol. The van der Waals surface area contributed by atoms with Crippen LogP contribution in [0.2, 0.25) is 0 Å². The van der Waals surface area contributed by atoms with Crippen LogP contribution in [-0.4, -0.2) is 31.4 Å². The fraction of sp³-hybridized carbons (Fsp3) is 0.381. The first-order valence-electron chi connectivity index (χ1n) is 8.47. The summed E-state index contributed by atoms with van der Waals surface area (Å²) in [5.74, 6) is 0.946. The summed E-state index contributed by atoms with van der Waals surface area (Å²) in [7, 11) is 3.09. The number of benzene rings is 1. The quantitative estimate of drug-likeness (QED) is 0.597. The second-order valence-electron chi connectivity index (χ2n) is 6.48. The Balaban J connectivity index is 2.91. The molecule has 0 radical (unpaired) electrons. The van der Waals surface area contributed by atoms with Crippen LogP contribution in [0.4, 0.5) is 0 Å². The number of rotatable bonds is 7. The summed E-state index contributed by atoms with van der Waals surface area (Å²) in [6.45, 7) is 11.5. The smallest absolute Gasteiger partial charge is 0.312 e. The van der Waals surface area contributed by atoms with E-state index in [1.165, 1.54) is 13.2 Å². The largest absolute Gasteiger partial charge is 0.493 e. The van der Waals surface area contributed by atoms with Crippen LogP contribution >= 0.6 is 0 Å². The van der Waals surface area contributed by atoms with Crippen molar-refractivity contribution in [3.05, 3.63) is 60.4 Å². The lowest BCUT2D eigenvalue weighted by molar-refractivity contribution is -0.143. The molecule has 1 aliphatic rings. The summed E-state index contributed by atoms with van der Waals surface area (Å²) < 4.78 is 16.5. The highest BCUT2D eigenvalue weighted by Gasteiger charge is 2.47. The van der Waals surface area contributed by atoms with Gasteiger partial charge in [0.2, 0.25) is 0 Å². The molecule has 0 spiro atoms. The molecular formula is C21H26O5. The number of carbonyl (C=O) groups is 1. The molecule has 0 amide bonds. The Bertz CT molecular complexity index is 747.